The van der Waals surface area contributed by atoms with Crippen molar-refractivity contribution >= 4 is 15.3 Å². The van der Waals surface area contributed by atoms with Crippen LogP contribution in [0, 0.1) is 0 Å². The maximum absolute atomic E-state index is 5.63. The zero-order valence-electron chi connectivity index (χ0n) is 7.70. The zero-order chi connectivity index (χ0) is 9.03. The first-order chi connectivity index (χ1) is 5.58. The molecule has 0 radical (unpaired) electrons. The molecule has 0 saturated heterocycles. The van der Waals surface area contributed by atoms with Crippen molar-refractivity contribution in [3.8, 4) is 5.75 Å². The van der Waals surface area contributed by atoms with Crippen LogP contribution in [0.2, 0.25) is 4.31 Å². The van der Waals surface area contributed by atoms with Crippen LogP contribution in [-0.4, -0.2) is 15.3 Å². The molecule has 66 valence electrons. The summed E-state index contributed by atoms with van der Waals surface area (Å²) in [6.07, 6.45) is 0. The summed E-state index contributed by atoms with van der Waals surface area (Å²) in [4.78, 5) is 0. The van der Waals surface area contributed by atoms with E-state index in [1.54, 1.807) is 0 Å². The van der Waals surface area contributed by atoms with Crippen molar-refractivity contribution in [1.82, 2.24) is 0 Å². The van der Waals surface area contributed by atoms with Gasteiger partial charge in [-0.15, -0.1) is 0 Å². The van der Waals surface area contributed by atoms with Gasteiger partial charge in [-0.2, -0.15) is 0 Å². The van der Waals surface area contributed by atoms with E-state index in [0.717, 1.165) is 5.75 Å². The Balaban J connectivity index is 2.44. The fourth-order valence-corrected chi connectivity index (χ4v) is 1.61. The first kappa shape index (κ1) is 9.63. The van der Waals surface area contributed by atoms with Crippen molar-refractivity contribution in [2.45, 2.75) is 25.1 Å². The minimum absolute atomic E-state index is 0.217. The third-order valence-electron chi connectivity index (χ3n) is 1.13. The van der Waals surface area contributed by atoms with Crippen molar-refractivity contribution in [1.29, 1.82) is 0 Å². The summed E-state index contributed by atoms with van der Waals surface area (Å²) in [7, 11) is 0. The van der Waals surface area contributed by atoms with Crippen LogP contribution in [-0.2, 0) is 0 Å². The molecule has 0 bridgehead atoms. The van der Waals surface area contributed by atoms with Crippen LogP contribution in [0.3, 0.4) is 0 Å². The van der Waals surface area contributed by atoms with Gasteiger partial charge in [0.1, 0.15) is 0 Å². The van der Waals surface area contributed by atoms with Crippen LogP contribution in [0.25, 0.3) is 0 Å². The van der Waals surface area contributed by atoms with Gasteiger partial charge in [-0.3, -0.25) is 0 Å². The van der Waals surface area contributed by atoms with Crippen LogP contribution < -0.4 is 3.82 Å². The number of rotatable bonds is 2. The Labute approximate surface area is 80.6 Å². The fraction of sp³-hybridized carbons (Fsp3) is 0.400. The van der Waals surface area contributed by atoms with Crippen molar-refractivity contribution in [2.75, 3.05) is 0 Å². The molecule has 2 heteroatoms. The first-order valence-corrected chi connectivity index (χ1v) is 5.54. The Kier molecular flexibility index (Phi) is 3.19. The van der Waals surface area contributed by atoms with Crippen molar-refractivity contribution in [3.05, 3.63) is 30.3 Å². The Morgan fingerprint density at radius 2 is 1.67 bits per heavy atom. The summed E-state index contributed by atoms with van der Waals surface area (Å²) >= 11 is 0.217. The molecule has 0 heterocycles. The minimum atomic E-state index is 0.217. The second kappa shape index (κ2) is 3.97. The standard InChI is InChI=1S/C10H14OSe/c1-10(2,3)12-11-9-7-5-4-6-8-9/h4-8H,1-3H3. The van der Waals surface area contributed by atoms with Crippen LogP contribution in [0.1, 0.15) is 20.8 Å². The van der Waals surface area contributed by atoms with E-state index in [1.807, 2.05) is 30.3 Å². The van der Waals surface area contributed by atoms with E-state index in [1.165, 1.54) is 0 Å². The van der Waals surface area contributed by atoms with Gasteiger partial charge in [0.15, 0.2) is 0 Å². The van der Waals surface area contributed by atoms with E-state index in [2.05, 4.69) is 20.8 Å². The second-order valence-corrected chi connectivity index (χ2v) is 6.86. The van der Waals surface area contributed by atoms with E-state index in [9.17, 15) is 0 Å². The van der Waals surface area contributed by atoms with Gasteiger partial charge in [0.2, 0.25) is 0 Å². The van der Waals surface area contributed by atoms with E-state index in [-0.39, 0.29) is 15.3 Å². The van der Waals surface area contributed by atoms with Gasteiger partial charge in [0.25, 0.3) is 0 Å². The quantitative estimate of drug-likeness (QED) is 0.708. The molecule has 1 rings (SSSR count). The van der Waals surface area contributed by atoms with Gasteiger partial charge in [-0.05, 0) is 0 Å². The SMILES string of the molecule is CC(C)(C)[Se]Oc1ccccc1. The summed E-state index contributed by atoms with van der Waals surface area (Å²) in [5, 5.41) is 0. The van der Waals surface area contributed by atoms with Gasteiger partial charge < -0.3 is 0 Å². The van der Waals surface area contributed by atoms with E-state index >= 15 is 0 Å². The molecule has 1 aromatic rings. The van der Waals surface area contributed by atoms with Crippen LogP contribution in [0.4, 0.5) is 0 Å². The average molecular weight is 229 g/mol. The maximum atomic E-state index is 5.63. The summed E-state index contributed by atoms with van der Waals surface area (Å²) < 4.78 is 5.93. The molecule has 0 N–H and O–H groups in total. The molecule has 0 aromatic heterocycles. The Morgan fingerprint density at radius 1 is 1.08 bits per heavy atom. The van der Waals surface area contributed by atoms with Gasteiger partial charge in [0.05, 0.1) is 0 Å². The van der Waals surface area contributed by atoms with Crippen LogP contribution in [0.15, 0.2) is 30.3 Å². The fourth-order valence-electron chi connectivity index (χ4n) is 0.649. The zero-order valence-corrected chi connectivity index (χ0v) is 9.42. The third kappa shape index (κ3) is 3.79. The predicted molar refractivity (Wildman–Crippen MR) is 52.5 cm³/mol. The Bertz CT molecular complexity index is 225. The number of para-hydroxylation sites is 1. The van der Waals surface area contributed by atoms with Gasteiger partial charge in [0, 0.05) is 0 Å². The molecule has 0 fully saturated rings. The molecule has 1 nitrogen and oxygen atoms in total. The molecule has 12 heavy (non-hydrogen) atoms. The van der Waals surface area contributed by atoms with E-state index in [4.69, 9.17) is 3.82 Å². The Hall–Kier alpha value is -0.461. The molecule has 0 unspecified atom stereocenters. The summed E-state index contributed by atoms with van der Waals surface area (Å²) in [5.74, 6) is 0.979. The van der Waals surface area contributed by atoms with Crippen molar-refractivity contribution in [3.63, 3.8) is 0 Å². The first-order valence-electron chi connectivity index (χ1n) is 3.99. The molecule has 0 atom stereocenters. The van der Waals surface area contributed by atoms with Gasteiger partial charge in [-0.25, -0.2) is 0 Å². The molecule has 0 spiro atoms. The van der Waals surface area contributed by atoms with E-state index < -0.39 is 0 Å². The van der Waals surface area contributed by atoms with Gasteiger partial charge >= 0.3 is 80.3 Å². The summed E-state index contributed by atoms with van der Waals surface area (Å²) in [6.45, 7) is 6.57. The topological polar surface area (TPSA) is 9.23 Å². The number of hydrogen-bond donors (Lipinski definition) is 0. The van der Waals surface area contributed by atoms with Crippen LogP contribution in [0.5, 0.6) is 5.75 Å². The normalized spacial score (nSPS) is 11.2. The van der Waals surface area contributed by atoms with E-state index in [0.29, 0.717) is 4.31 Å². The molecule has 1 aromatic carbocycles. The molecule has 0 aliphatic heterocycles. The molecule has 0 aliphatic rings. The summed E-state index contributed by atoms with van der Waals surface area (Å²) in [5.41, 5.74) is 0. The predicted octanol–water partition coefficient (Wildman–Crippen LogP) is 2.90. The second-order valence-electron chi connectivity index (χ2n) is 3.59. The van der Waals surface area contributed by atoms with Crippen LogP contribution >= 0.6 is 0 Å². The van der Waals surface area contributed by atoms with Crippen molar-refractivity contribution in [2.24, 2.45) is 0 Å². The Morgan fingerprint density at radius 3 is 2.17 bits per heavy atom. The summed E-state index contributed by atoms with van der Waals surface area (Å²) in [6, 6.07) is 9.97. The monoisotopic (exact) mass is 230 g/mol. The molecule has 0 amide bonds. The third-order valence-corrected chi connectivity index (χ3v) is 2.76. The molecular formula is C10H14OSe. The average Bonchev–Trinajstić information content (AvgIpc) is 2.02. The molecular weight excluding hydrogens is 215 g/mol. The van der Waals surface area contributed by atoms with Gasteiger partial charge in [-0.1, -0.05) is 0 Å². The number of hydrogen-bond acceptors (Lipinski definition) is 1. The molecule has 0 aliphatic carbocycles. The molecule has 0 saturated carbocycles. The number of benzene rings is 1. The van der Waals surface area contributed by atoms with Crippen molar-refractivity contribution < 1.29 is 3.82 Å².